The Morgan fingerprint density at radius 2 is 1.69 bits per heavy atom. The topological polar surface area (TPSA) is 95.9 Å². The molecule has 7 heteroatoms. The molecule has 4 rings (SSSR count). The van der Waals surface area contributed by atoms with Gasteiger partial charge in [0.05, 0.1) is 0 Å². The lowest BCUT2D eigenvalue weighted by molar-refractivity contribution is -0.158. The molecule has 2 N–H and O–H groups in total. The first-order valence-electron chi connectivity index (χ1n) is 12.5. The summed E-state index contributed by atoms with van der Waals surface area (Å²) in [5.41, 5.74) is 3.29. The fourth-order valence-electron chi connectivity index (χ4n) is 5.56. The molecule has 0 saturated carbocycles. The third kappa shape index (κ3) is 4.40. The summed E-state index contributed by atoms with van der Waals surface area (Å²) in [6.45, 7) is 6.14. The fourth-order valence-corrected chi connectivity index (χ4v) is 5.56. The number of benzene rings is 2. The average Bonchev–Trinajstić information content (AvgIpc) is 3.45. The first kappa shape index (κ1) is 24.8. The van der Waals surface area contributed by atoms with Crippen LogP contribution in [-0.4, -0.2) is 52.7 Å². The number of fused-ring (bicyclic) bond motifs is 3. The summed E-state index contributed by atoms with van der Waals surface area (Å²) in [5, 5.41) is 12.7. The van der Waals surface area contributed by atoms with Crippen LogP contribution in [0.3, 0.4) is 0 Å². The van der Waals surface area contributed by atoms with Gasteiger partial charge in [-0.25, -0.2) is 9.59 Å². The molecule has 0 bridgehead atoms. The van der Waals surface area contributed by atoms with Crippen LogP contribution in [-0.2, 0) is 14.3 Å². The van der Waals surface area contributed by atoms with Crippen molar-refractivity contribution in [2.45, 2.75) is 64.0 Å². The molecule has 186 valence electrons. The Balaban J connectivity index is 1.49. The second-order valence-electron chi connectivity index (χ2n) is 9.62. The molecule has 2 amide bonds. The number of hydrogen-bond donors (Lipinski definition) is 2. The van der Waals surface area contributed by atoms with Crippen LogP contribution < -0.4 is 5.32 Å². The number of nitrogens with zero attached hydrogens (tertiary/aromatic N) is 1. The number of nitrogens with one attached hydrogen (secondary N) is 1. The molecule has 7 nitrogen and oxygen atoms in total. The van der Waals surface area contributed by atoms with Gasteiger partial charge < -0.3 is 20.1 Å². The minimum atomic E-state index is -1.22. The summed E-state index contributed by atoms with van der Waals surface area (Å²) in [6, 6.07) is 15.4. The Hall–Kier alpha value is -3.35. The molecule has 1 saturated heterocycles. The molecular weight excluding hydrogens is 444 g/mol. The minimum absolute atomic E-state index is 0.0794. The highest BCUT2D eigenvalue weighted by Crippen LogP contribution is 2.44. The number of amides is 2. The van der Waals surface area contributed by atoms with E-state index in [-0.39, 0.29) is 24.3 Å². The van der Waals surface area contributed by atoms with Gasteiger partial charge in [-0.3, -0.25) is 4.79 Å². The third-order valence-corrected chi connectivity index (χ3v) is 7.83. The molecule has 3 atom stereocenters. The number of carboxylic acid groups (broad SMARTS) is 1. The first-order valence-corrected chi connectivity index (χ1v) is 12.5. The van der Waals surface area contributed by atoms with Crippen molar-refractivity contribution in [3.8, 4) is 11.1 Å². The SMILES string of the molecule is CCC(C)[C@H](NC(=O)OCC1c2ccccc2-c2ccccc21)C(=O)N1CCCC1(CC)C(=O)O. The number of rotatable bonds is 8. The van der Waals surface area contributed by atoms with E-state index >= 15 is 0 Å². The predicted octanol–water partition coefficient (Wildman–Crippen LogP) is 4.80. The van der Waals surface area contributed by atoms with Gasteiger partial charge in [0.15, 0.2) is 0 Å². The van der Waals surface area contributed by atoms with Gasteiger partial charge in [0, 0.05) is 12.5 Å². The van der Waals surface area contributed by atoms with E-state index in [1.807, 2.05) is 38.1 Å². The number of aliphatic carboxylic acids is 1. The monoisotopic (exact) mass is 478 g/mol. The van der Waals surface area contributed by atoms with E-state index in [2.05, 4.69) is 29.6 Å². The molecular formula is C28H34N2O5. The van der Waals surface area contributed by atoms with E-state index in [4.69, 9.17) is 4.74 Å². The van der Waals surface area contributed by atoms with Crippen molar-refractivity contribution in [1.82, 2.24) is 10.2 Å². The van der Waals surface area contributed by atoms with Crippen molar-refractivity contribution in [1.29, 1.82) is 0 Å². The summed E-state index contributed by atoms with van der Waals surface area (Å²) in [7, 11) is 0. The Kier molecular flexibility index (Phi) is 7.15. The maximum absolute atomic E-state index is 13.5. The molecule has 1 aliphatic heterocycles. The van der Waals surface area contributed by atoms with Gasteiger partial charge in [0.1, 0.15) is 18.2 Å². The fraction of sp³-hybridized carbons (Fsp3) is 0.464. The standard InChI is InChI=1S/C28H34N2O5/c1-4-18(3)24(25(31)30-16-10-15-28(30,5-2)26(32)33)29-27(34)35-17-23-21-13-8-6-11-19(21)20-12-7-9-14-22(20)23/h6-9,11-14,18,23-24H,4-5,10,15-17H2,1-3H3,(H,29,34)(H,32,33)/t18?,24-,28?/m0/s1. The Bertz CT molecular complexity index is 1070. The average molecular weight is 479 g/mol. The van der Waals surface area contributed by atoms with Crippen LogP contribution in [0.4, 0.5) is 4.79 Å². The number of carbonyl (C=O) groups is 3. The smallest absolute Gasteiger partial charge is 0.407 e. The van der Waals surface area contributed by atoms with Gasteiger partial charge in [-0.05, 0) is 47.4 Å². The van der Waals surface area contributed by atoms with E-state index in [1.165, 1.54) is 4.90 Å². The van der Waals surface area contributed by atoms with Crippen LogP contribution >= 0.6 is 0 Å². The number of likely N-dealkylation sites (tertiary alicyclic amines) is 1. The Morgan fingerprint density at radius 1 is 1.09 bits per heavy atom. The summed E-state index contributed by atoms with van der Waals surface area (Å²) in [5.74, 6) is -1.60. The van der Waals surface area contributed by atoms with Crippen molar-refractivity contribution in [3.63, 3.8) is 0 Å². The first-order chi connectivity index (χ1) is 16.8. The van der Waals surface area contributed by atoms with Crippen LogP contribution in [0.25, 0.3) is 11.1 Å². The molecule has 2 aliphatic rings. The quantitative estimate of drug-likeness (QED) is 0.568. The van der Waals surface area contributed by atoms with Crippen LogP contribution in [0.1, 0.15) is 63.5 Å². The molecule has 35 heavy (non-hydrogen) atoms. The maximum atomic E-state index is 13.5. The molecule has 1 aliphatic carbocycles. The highest BCUT2D eigenvalue weighted by molar-refractivity contribution is 5.92. The van der Waals surface area contributed by atoms with E-state index in [9.17, 15) is 19.5 Å². The number of carbonyl (C=O) groups excluding carboxylic acids is 2. The molecule has 2 unspecified atom stereocenters. The largest absolute Gasteiger partial charge is 0.479 e. The van der Waals surface area contributed by atoms with Crippen LogP contribution in [0, 0.1) is 5.92 Å². The molecule has 1 fully saturated rings. The molecule has 0 spiro atoms. The third-order valence-electron chi connectivity index (χ3n) is 7.83. The van der Waals surface area contributed by atoms with Gasteiger partial charge in [0.25, 0.3) is 0 Å². The Morgan fingerprint density at radius 3 is 2.23 bits per heavy atom. The summed E-state index contributed by atoms with van der Waals surface area (Å²) in [6.07, 6.45) is 1.36. The van der Waals surface area contributed by atoms with Gasteiger partial charge in [0.2, 0.25) is 5.91 Å². The highest BCUT2D eigenvalue weighted by atomic mass is 16.5. The van der Waals surface area contributed by atoms with Crippen LogP contribution in [0.15, 0.2) is 48.5 Å². The molecule has 2 aromatic rings. The summed E-state index contributed by atoms with van der Waals surface area (Å²) < 4.78 is 5.67. The zero-order valence-corrected chi connectivity index (χ0v) is 20.6. The van der Waals surface area contributed by atoms with Crippen molar-refractivity contribution in [3.05, 3.63) is 59.7 Å². The highest BCUT2D eigenvalue weighted by Gasteiger charge is 2.50. The second kappa shape index (κ2) is 10.1. The minimum Gasteiger partial charge on any atom is -0.479 e. The van der Waals surface area contributed by atoms with Crippen molar-refractivity contribution < 1.29 is 24.2 Å². The van der Waals surface area contributed by atoms with Crippen molar-refractivity contribution >= 4 is 18.0 Å². The number of ether oxygens (including phenoxy) is 1. The normalized spacial score (nSPS) is 20.6. The second-order valence-corrected chi connectivity index (χ2v) is 9.62. The van der Waals surface area contributed by atoms with Gasteiger partial charge >= 0.3 is 12.1 Å². The number of hydrogen-bond acceptors (Lipinski definition) is 4. The number of carboxylic acids is 1. The zero-order valence-electron chi connectivity index (χ0n) is 20.6. The lowest BCUT2D eigenvalue weighted by atomic mass is 9.90. The lowest BCUT2D eigenvalue weighted by Gasteiger charge is -2.37. The molecule has 0 aromatic heterocycles. The molecule has 1 heterocycles. The molecule has 2 aromatic carbocycles. The lowest BCUT2D eigenvalue weighted by Crippen LogP contribution is -2.59. The van der Waals surface area contributed by atoms with E-state index in [1.54, 1.807) is 6.92 Å². The van der Waals surface area contributed by atoms with E-state index < -0.39 is 23.6 Å². The maximum Gasteiger partial charge on any atom is 0.407 e. The van der Waals surface area contributed by atoms with Gasteiger partial charge in [-0.1, -0.05) is 75.7 Å². The van der Waals surface area contributed by atoms with Gasteiger partial charge in [-0.15, -0.1) is 0 Å². The Labute approximate surface area is 206 Å². The zero-order chi connectivity index (χ0) is 25.2. The van der Waals surface area contributed by atoms with Crippen LogP contribution in [0.2, 0.25) is 0 Å². The predicted molar refractivity (Wildman–Crippen MR) is 133 cm³/mol. The van der Waals surface area contributed by atoms with Crippen molar-refractivity contribution in [2.24, 2.45) is 5.92 Å². The van der Waals surface area contributed by atoms with Crippen LogP contribution in [0.5, 0.6) is 0 Å². The molecule has 0 radical (unpaired) electrons. The summed E-state index contributed by atoms with van der Waals surface area (Å²) in [4.78, 5) is 40.0. The van der Waals surface area contributed by atoms with E-state index in [0.29, 0.717) is 32.2 Å². The van der Waals surface area contributed by atoms with E-state index in [0.717, 1.165) is 22.3 Å². The summed E-state index contributed by atoms with van der Waals surface area (Å²) >= 11 is 0. The van der Waals surface area contributed by atoms with Gasteiger partial charge in [-0.2, -0.15) is 0 Å². The number of alkyl carbamates (subject to hydrolysis) is 1. The van der Waals surface area contributed by atoms with Crippen molar-refractivity contribution in [2.75, 3.05) is 13.2 Å².